The highest BCUT2D eigenvalue weighted by molar-refractivity contribution is 14.1. The second-order valence-corrected chi connectivity index (χ2v) is 4.13. The predicted octanol–water partition coefficient (Wildman–Crippen LogP) is 1.38. The molecule has 0 bridgehead atoms. The van der Waals surface area contributed by atoms with Crippen molar-refractivity contribution in [1.29, 1.82) is 0 Å². The van der Waals surface area contributed by atoms with Crippen LogP contribution in [0.1, 0.15) is 5.56 Å². The average molecular weight is 309 g/mol. The second-order valence-electron chi connectivity index (χ2n) is 2.88. The molecule has 3 nitrogen and oxygen atoms in total. The average Bonchev–Trinajstić information content (AvgIpc) is 2.09. The van der Waals surface area contributed by atoms with Gasteiger partial charge in [0.25, 0.3) is 0 Å². The standard InChI is InChI=1S/C9H9FINO2/c10-7-4-6(11)2-1-5(7)3-8(12)9(13)14/h1-2,4,8H,3,12H2,(H,13,14)/t8-/m0/s1. The Morgan fingerprint density at radius 3 is 2.79 bits per heavy atom. The predicted molar refractivity (Wildman–Crippen MR) is 58.4 cm³/mol. The zero-order chi connectivity index (χ0) is 10.7. The molecule has 1 rings (SSSR count). The molecule has 0 fully saturated rings. The van der Waals surface area contributed by atoms with Crippen molar-refractivity contribution < 1.29 is 14.3 Å². The van der Waals surface area contributed by atoms with Gasteiger partial charge in [-0.05, 0) is 40.3 Å². The maximum absolute atomic E-state index is 13.2. The maximum Gasteiger partial charge on any atom is 0.320 e. The molecule has 1 aromatic carbocycles. The lowest BCUT2D eigenvalue weighted by molar-refractivity contribution is -0.138. The van der Waals surface area contributed by atoms with E-state index in [-0.39, 0.29) is 6.42 Å². The zero-order valence-corrected chi connectivity index (χ0v) is 9.36. The normalized spacial score (nSPS) is 12.5. The molecule has 76 valence electrons. The molecule has 0 aliphatic heterocycles. The lowest BCUT2D eigenvalue weighted by Crippen LogP contribution is -2.32. The van der Waals surface area contributed by atoms with E-state index in [4.69, 9.17) is 10.8 Å². The van der Waals surface area contributed by atoms with Crippen LogP contribution in [0.15, 0.2) is 18.2 Å². The molecule has 14 heavy (non-hydrogen) atoms. The van der Waals surface area contributed by atoms with Crippen molar-refractivity contribution in [2.75, 3.05) is 0 Å². The van der Waals surface area contributed by atoms with Gasteiger partial charge in [0.1, 0.15) is 11.9 Å². The summed E-state index contributed by atoms with van der Waals surface area (Å²) in [7, 11) is 0. The minimum atomic E-state index is -1.12. The van der Waals surface area contributed by atoms with Crippen molar-refractivity contribution in [1.82, 2.24) is 0 Å². The molecular weight excluding hydrogens is 300 g/mol. The Hall–Kier alpha value is -0.690. The third-order valence-corrected chi connectivity index (χ3v) is 2.44. The molecule has 0 saturated heterocycles. The number of carboxylic acid groups (broad SMARTS) is 1. The Kier molecular flexibility index (Phi) is 3.82. The SMILES string of the molecule is N[C@@H](Cc1ccc(I)cc1F)C(=O)O. The molecule has 0 aliphatic rings. The number of nitrogens with two attached hydrogens (primary N) is 1. The van der Waals surface area contributed by atoms with Gasteiger partial charge in [-0.2, -0.15) is 0 Å². The van der Waals surface area contributed by atoms with E-state index in [2.05, 4.69) is 0 Å². The molecule has 0 amide bonds. The first-order valence-corrected chi connectivity index (χ1v) is 5.01. The van der Waals surface area contributed by atoms with Gasteiger partial charge >= 0.3 is 5.97 Å². The fourth-order valence-electron chi connectivity index (χ4n) is 1.01. The first kappa shape index (κ1) is 11.4. The number of carboxylic acids is 1. The molecule has 0 spiro atoms. The highest BCUT2D eigenvalue weighted by Gasteiger charge is 2.14. The van der Waals surface area contributed by atoms with Crippen LogP contribution in [-0.2, 0) is 11.2 Å². The van der Waals surface area contributed by atoms with Gasteiger partial charge in [-0.1, -0.05) is 6.07 Å². The molecular formula is C9H9FINO2. The van der Waals surface area contributed by atoms with Crippen LogP contribution in [0, 0.1) is 9.39 Å². The van der Waals surface area contributed by atoms with Crippen LogP contribution in [-0.4, -0.2) is 17.1 Å². The molecule has 5 heteroatoms. The Balaban J connectivity index is 2.82. The van der Waals surface area contributed by atoms with E-state index in [9.17, 15) is 9.18 Å². The summed E-state index contributed by atoms with van der Waals surface area (Å²) >= 11 is 1.98. The first-order chi connectivity index (χ1) is 6.50. The van der Waals surface area contributed by atoms with Gasteiger partial charge < -0.3 is 10.8 Å². The lowest BCUT2D eigenvalue weighted by Gasteiger charge is -2.07. The molecule has 0 aliphatic carbocycles. The third-order valence-electron chi connectivity index (χ3n) is 1.77. The third kappa shape index (κ3) is 2.91. The summed E-state index contributed by atoms with van der Waals surface area (Å²) in [5.74, 6) is -1.53. The lowest BCUT2D eigenvalue weighted by atomic mass is 10.1. The summed E-state index contributed by atoms with van der Waals surface area (Å²) in [4.78, 5) is 10.4. The smallest absolute Gasteiger partial charge is 0.320 e. The van der Waals surface area contributed by atoms with Gasteiger partial charge in [-0.3, -0.25) is 4.79 Å². The van der Waals surface area contributed by atoms with Crippen molar-refractivity contribution in [2.45, 2.75) is 12.5 Å². The van der Waals surface area contributed by atoms with Crippen LogP contribution < -0.4 is 5.73 Å². The molecule has 0 unspecified atom stereocenters. The van der Waals surface area contributed by atoms with Crippen molar-refractivity contribution in [2.24, 2.45) is 5.73 Å². The summed E-state index contributed by atoms with van der Waals surface area (Å²) in [5, 5.41) is 8.54. The highest BCUT2D eigenvalue weighted by atomic mass is 127. The van der Waals surface area contributed by atoms with Crippen molar-refractivity contribution in [3.05, 3.63) is 33.1 Å². The van der Waals surface area contributed by atoms with Crippen LogP contribution in [0.3, 0.4) is 0 Å². The monoisotopic (exact) mass is 309 g/mol. The van der Waals surface area contributed by atoms with E-state index in [1.54, 1.807) is 12.1 Å². The fraction of sp³-hybridized carbons (Fsp3) is 0.222. The van der Waals surface area contributed by atoms with Crippen molar-refractivity contribution >= 4 is 28.6 Å². The molecule has 0 radical (unpaired) electrons. The Morgan fingerprint density at radius 2 is 2.29 bits per heavy atom. The number of hydrogen-bond acceptors (Lipinski definition) is 2. The number of aliphatic carboxylic acids is 1. The van der Waals surface area contributed by atoms with Gasteiger partial charge in [-0.25, -0.2) is 4.39 Å². The Morgan fingerprint density at radius 1 is 1.64 bits per heavy atom. The maximum atomic E-state index is 13.2. The fourth-order valence-corrected chi connectivity index (χ4v) is 1.46. The number of benzene rings is 1. The summed E-state index contributed by atoms with van der Waals surface area (Å²) < 4.78 is 14.0. The van der Waals surface area contributed by atoms with E-state index in [0.29, 0.717) is 5.56 Å². The van der Waals surface area contributed by atoms with E-state index in [0.717, 1.165) is 3.57 Å². The summed E-state index contributed by atoms with van der Waals surface area (Å²) in [6.07, 6.45) is 0.0120. The zero-order valence-electron chi connectivity index (χ0n) is 7.21. The number of rotatable bonds is 3. The van der Waals surface area contributed by atoms with E-state index in [1.165, 1.54) is 6.07 Å². The highest BCUT2D eigenvalue weighted by Crippen LogP contribution is 2.13. The Bertz CT molecular complexity index is 357. The van der Waals surface area contributed by atoms with Gasteiger partial charge in [0, 0.05) is 9.99 Å². The van der Waals surface area contributed by atoms with Crippen molar-refractivity contribution in [3.63, 3.8) is 0 Å². The number of hydrogen-bond donors (Lipinski definition) is 2. The minimum Gasteiger partial charge on any atom is -0.480 e. The summed E-state index contributed by atoms with van der Waals surface area (Å²) in [6, 6.07) is 3.57. The first-order valence-electron chi connectivity index (χ1n) is 3.93. The van der Waals surface area contributed by atoms with E-state index < -0.39 is 17.8 Å². The van der Waals surface area contributed by atoms with E-state index in [1.807, 2.05) is 22.6 Å². The summed E-state index contributed by atoms with van der Waals surface area (Å²) in [6.45, 7) is 0. The van der Waals surface area contributed by atoms with Gasteiger partial charge in [0.2, 0.25) is 0 Å². The molecule has 3 N–H and O–H groups in total. The van der Waals surface area contributed by atoms with Crippen molar-refractivity contribution in [3.8, 4) is 0 Å². The van der Waals surface area contributed by atoms with Gasteiger partial charge in [0.05, 0.1) is 0 Å². The molecule has 0 heterocycles. The topological polar surface area (TPSA) is 63.3 Å². The molecule has 1 atom stereocenters. The van der Waals surface area contributed by atoms with Crippen LogP contribution in [0.4, 0.5) is 4.39 Å². The van der Waals surface area contributed by atoms with Crippen LogP contribution >= 0.6 is 22.6 Å². The van der Waals surface area contributed by atoms with Crippen LogP contribution in [0.2, 0.25) is 0 Å². The number of halogens is 2. The molecule has 1 aromatic rings. The van der Waals surface area contributed by atoms with E-state index >= 15 is 0 Å². The Labute approximate surface area is 94.2 Å². The minimum absolute atomic E-state index is 0.0120. The largest absolute Gasteiger partial charge is 0.480 e. The number of carbonyl (C=O) groups is 1. The second kappa shape index (κ2) is 4.70. The summed E-state index contributed by atoms with van der Waals surface area (Å²) in [5.41, 5.74) is 5.62. The molecule has 0 aromatic heterocycles. The van der Waals surface area contributed by atoms with Gasteiger partial charge in [0.15, 0.2) is 0 Å². The van der Waals surface area contributed by atoms with Gasteiger partial charge in [-0.15, -0.1) is 0 Å². The van der Waals surface area contributed by atoms with Crippen LogP contribution in [0.5, 0.6) is 0 Å². The quantitative estimate of drug-likeness (QED) is 0.829. The molecule has 0 saturated carbocycles. The van der Waals surface area contributed by atoms with Crippen LogP contribution in [0.25, 0.3) is 0 Å².